The highest BCUT2D eigenvalue weighted by Gasteiger charge is 2.50. The minimum absolute atomic E-state index is 0.192. The van der Waals surface area contributed by atoms with Crippen LogP contribution in [0.2, 0.25) is 0 Å². The van der Waals surface area contributed by atoms with E-state index in [-0.39, 0.29) is 34.2 Å². The zero-order chi connectivity index (χ0) is 40.4. The first-order valence-corrected chi connectivity index (χ1v) is 20.7. The molecule has 0 aromatic carbocycles. The van der Waals surface area contributed by atoms with Crippen LogP contribution in [-0.2, 0) is 49.7 Å². The normalized spacial score (nSPS) is 30.3. The highest BCUT2D eigenvalue weighted by molar-refractivity contribution is 7.69. The summed E-state index contributed by atoms with van der Waals surface area (Å²) in [7, 11) is -24.2. The van der Waals surface area contributed by atoms with Crippen molar-refractivity contribution in [2.45, 2.75) is 49.1 Å². The molecular weight excluding hydrogens is 840 g/mol. The summed E-state index contributed by atoms with van der Waals surface area (Å²) in [5, 5.41) is 41.8. The molecule has 14 N–H and O–H groups in total. The third kappa shape index (κ3) is 8.80. The molecular formula is C20H28N10O21P4. The fourth-order valence-corrected chi connectivity index (χ4v) is 10.2. The average Bonchev–Trinajstić information content (AvgIpc) is 3.79. The Kier molecular flexibility index (Phi) is 11.1. The molecule has 4 aromatic rings. The lowest BCUT2D eigenvalue weighted by molar-refractivity contribution is -0.0505. The summed E-state index contributed by atoms with van der Waals surface area (Å²) in [4.78, 5) is 83.4. The quantitative estimate of drug-likeness (QED) is 0.0540. The number of H-pyrrole nitrogens is 2. The van der Waals surface area contributed by atoms with Crippen LogP contribution in [0, 0.1) is 0 Å². The van der Waals surface area contributed by atoms with Crippen LogP contribution in [0.1, 0.15) is 12.5 Å². The van der Waals surface area contributed by atoms with E-state index < -0.39 is 105 Å². The van der Waals surface area contributed by atoms with Gasteiger partial charge in [0.05, 0.1) is 25.9 Å². The Morgan fingerprint density at radius 2 is 0.982 bits per heavy atom. The van der Waals surface area contributed by atoms with Crippen molar-refractivity contribution in [1.29, 1.82) is 0 Å². The van der Waals surface area contributed by atoms with Gasteiger partial charge < -0.3 is 60.9 Å². The van der Waals surface area contributed by atoms with Crippen LogP contribution in [0.5, 0.6) is 0 Å². The van der Waals surface area contributed by atoms with Gasteiger partial charge in [-0.15, -0.1) is 0 Å². The largest absolute Gasteiger partial charge is 0.490 e. The molecule has 2 fully saturated rings. The lowest BCUT2D eigenvalue weighted by Gasteiger charge is -2.21. The van der Waals surface area contributed by atoms with Gasteiger partial charge in [-0.3, -0.25) is 37.7 Å². The number of hydrogen-bond acceptors (Lipinski definition) is 23. The van der Waals surface area contributed by atoms with Crippen LogP contribution in [0.4, 0.5) is 11.9 Å². The molecule has 4 unspecified atom stereocenters. The molecule has 2 saturated heterocycles. The maximum Gasteiger partial charge on any atom is 0.490 e. The van der Waals surface area contributed by atoms with Crippen molar-refractivity contribution >= 4 is 65.5 Å². The van der Waals surface area contributed by atoms with Gasteiger partial charge in [-0.2, -0.15) is 22.9 Å². The Hall–Kier alpha value is -3.38. The number of aromatic nitrogens is 8. The highest BCUT2D eigenvalue weighted by Crippen LogP contribution is 2.71. The number of ether oxygens (including phenoxy) is 2. The van der Waals surface area contributed by atoms with Crippen LogP contribution in [-0.4, -0.2) is 129 Å². The minimum Gasteiger partial charge on any atom is -0.387 e. The van der Waals surface area contributed by atoms with E-state index in [0.29, 0.717) is 0 Å². The Labute approximate surface area is 301 Å². The Morgan fingerprint density at radius 1 is 0.636 bits per heavy atom. The van der Waals surface area contributed by atoms with Crippen molar-refractivity contribution in [2.75, 3.05) is 24.7 Å². The van der Waals surface area contributed by atoms with Gasteiger partial charge in [0.2, 0.25) is 11.9 Å². The second kappa shape index (κ2) is 14.8. The van der Waals surface area contributed by atoms with Crippen molar-refractivity contribution in [3.8, 4) is 0 Å². The summed E-state index contributed by atoms with van der Waals surface area (Å²) in [6.07, 6.45) is -11.9. The molecule has 0 saturated carbocycles. The number of imidazole rings is 2. The highest BCUT2D eigenvalue weighted by atomic mass is 31.3. The topological polar surface area (TPSA) is 474 Å². The van der Waals surface area contributed by atoms with Crippen LogP contribution in [0.3, 0.4) is 0 Å². The minimum atomic E-state index is -6.25. The molecule has 12 atom stereocenters. The van der Waals surface area contributed by atoms with Crippen LogP contribution < -0.4 is 22.6 Å². The van der Waals surface area contributed by atoms with E-state index in [2.05, 4.69) is 51.9 Å². The standard InChI is InChI=1S/C20H28N10O21P4/c21-19-25-13-7(15(35)27-19)23-3-29(13)17-11(33)9(31)5(47-17)1-45-52(37,38)49-54(41,42)51-55(43,44)50-53(39,40)46-2-6-10(32)12(34)18(48-6)30-4-24-8-14(30)26-20(22)28-16(8)36/h3-6,9-12,17-18,31-34H,1-2H2,(H,37,38)(H,39,40)(H,41,42)(H,43,44)(H3,21,25,27,35)(H3,22,26,28,36)/t5-,6-,9-,10-,11-,12-,17-,18-/m1/s1. The van der Waals surface area contributed by atoms with E-state index in [0.717, 1.165) is 21.8 Å². The number of nitrogens with zero attached hydrogens (tertiary/aromatic N) is 6. The summed E-state index contributed by atoms with van der Waals surface area (Å²) in [5.74, 6) is -0.680. The first-order valence-electron chi connectivity index (χ1n) is 14.7. The molecule has 0 bridgehead atoms. The van der Waals surface area contributed by atoms with Crippen LogP contribution in [0.25, 0.3) is 22.3 Å². The molecule has 0 radical (unpaired) electrons. The number of phosphoric ester groups is 2. The van der Waals surface area contributed by atoms with Crippen LogP contribution >= 0.6 is 31.3 Å². The van der Waals surface area contributed by atoms with Gasteiger partial charge in [-0.25, -0.2) is 28.2 Å². The zero-order valence-electron chi connectivity index (χ0n) is 26.7. The predicted molar refractivity (Wildman–Crippen MR) is 171 cm³/mol. The molecule has 55 heavy (non-hydrogen) atoms. The van der Waals surface area contributed by atoms with Crippen molar-refractivity contribution in [3.05, 3.63) is 33.4 Å². The Balaban J connectivity index is 1.02. The Morgan fingerprint density at radius 3 is 1.35 bits per heavy atom. The number of fused-ring (bicyclic) bond motifs is 2. The van der Waals surface area contributed by atoms with Crippen LogP contribution in [0.15, 0.2) is 22.2 Å². The maximum absolute atomic E-state index is 12.4. The van der Waals surface area contributed by atoms with Crippen molar-refractivity contribution in [2.24, 2.45) is 0 Å². The molecule has 0 amide bonds. The second-order valence-corrected chi connectivity index (χ2v) is 17.6. The molecule has 0 aliphatic carbocycles. The smallest absolute Gasteiger partial charge is 0.387 e. The number of nitrogen functional groups attached to an aromatic ring is 2. The monoisotopic (exact) mass is 868 g/mol. The lowest BCUT2D eigenvalue weighted by Crippen LogP contribution is -2.33. The molecule has 304 valence electrons. The first kappa shape index (κ1) is 41.3. The number of anilines is 2. The summed E-state index contributed by atoms with van der Waals surface area (Å²) in [6.45, 7) is -2.36. The fourth-order valence-electron chi connectivity index (χ4n) is 5.26. The molecule has 6 heterocycles. The maximum atomic E-state index is 12.4. The number of aliphatic hydroxyl groups is 4. The summed E-state index contributed by atoms with van der Waals surface area (Å²) >= 11 is 0. The molecule has 35 heteroatoms. The van der Waals surface area contributed by atoms with Gasteiger partial charge in [0.1, 0.15) is 36.6 Å². The molecule has 6 rings (SSSR count). The number of hydrogen-bond donors (Lipinski definition) is 12. The van der Waals surface area contributed by atoms with E-state index in [1.165, 1.54) is 0 Å². The van der Waals surface area contributed by atoms with E-state index in [4.69, 9.17) is 20.9 Å². The zero-order valence-corrected chi connectivity index (χ0v) is 30.3. The third-order valence-corrected chi connectivity index (χ3v) is 13.5. The van der Waals surface area contributed by atoms with E-state index >= 15 is 0 Å². The third-order valence-electron chi connectivity index (χ3n) is 7.55. The van der Waals surface area contributed by atoms with Crippen molar-refractivity contribution in [3.63, 3.8) is 0 Å². The SMILES string of the molecule is Nc1nc2c(ncn2[C@@H]2O[C@H](COP(=O)(O)OP(=O)(O)OP(=O)(O)OP(=O)(O)OC[C@H]3O[C@@H](n4cnc5c(=O)[nH]c(N)nc54)[C@H](O)[C@@H]3O)[C@@H](O)[C@H]2O)c(=O)[nH]1. The lowest BCUT2D eigenvalue weighted by atomic mass is 10.1. The van der Waals surface area contributed by atoms with Crippen molar-refractivity contribution < 1.29 is 89.7 Å². The van der Waals surface area contributed by atoms with Gasteiger partial charge in [-0.05, 0) is 0 Å². The molecule has 4 aromatic heterocycles. The second-order valence-electron chi connectivity index (χ2n) is 11.4. The summed E-state index contributed by atoms with van der Waals surface area (Å²) in [6, 6.07) is 0. The predicted octanol–water partition coefficient (Wildman–Crippen LogP) is -3.86. The Bertz CT molecular complexity index is 2260. The summed E-state index contributed by atoms with van der Waals surface area (Å²) < 4.78 is 82.9. The first-order chi connectivity index (χ1) is 25.5. The van der Waals surface area contributed by atoms with Gasteiger partial charge in [0.15, 0.2) is 34.8 Å². The number of phosphoric acid groups is 4. The molecule has 2 aliphatic rings. The van der Waals surface area contributed by atoms with Gasteiger partial charge in [0.25, 0.3) is 11.1 Å². The van der Waals surface area contributed by atoms with E-state index in [1.54, 1.807) is 0 Å². The molecule has 0 spiro atoms. The van der Waals surface area contributed by atoms with Gasteiger partial charge in [-0.1, -0.05) is 0 Å². The fraction of sp³-hybridized carbons (Fsp3) is 0.500. The summed E-state index contributed by atoms with van der Waals surface area (Å²) in [5.41, 5.74) is 8.68. The van der Waals surface area contributed by atoms with E-state index in [9.17, 15) is 67.8 Å². The van der Waals surface area contributed by atoms with Gasteiger partial charge >= 0.3 is 31.3 Å². The number of nitrogens with two attached hydrogens (primary N) is 2. The number of rotatable bonds is 14. The molecule has 31 nitrogen and oxygen atoms in total. The number of aliphatic hydroxyl groups excluding tert-OH is 4. The van der Waals surface area contributed by atoms with Gasteiger partial charge in [0, 0.05) is 0 Å². The molecule has 2 aliphatic heterocycles. The number of aromatic amines is 2. The van der Waals surface area contributed by atoms with E-state index in [1.807, 2.05) is 0 Å². The average molecular weight is 868 g/mol. The van der Waals surface area contributed by atoms with Crippen molar-refractivity contribution in [1.82, 2.24) is 39.0 Å². The number of nitrogens with one attached hydrogen (secondary N) is 2.